The van der Waals surface area contributed by atoms with Gasteiger partial charge in [0.25, 0.3) is 0 Å². The van der Waals surface area contributed by atoms with Crippen LogP contribution in [-0.4, -0.2) is 10.2 Å². The van der Waals surface area contributed by atoms with Crippen molar-refractivity contribution in [2.75, 3.05) is 0 Å². The van der Waals surface area contributed by atoms with Gasteiger partial charge in [0.05, 0.1) is 5.60 Å². The summed E-state index contributed by atoms with van der Waals surface area (Å²) in [4.78, 5) is 0. The lowest BCUT2D eigenvalue weighted by atomic mass is 9.89. The van der Waals surface area contributed by atoms with Crippen LogP contribution >= 0.6 is 0 Å². The van der Waals surface area contributed by atoms with Gasteiger partial charge in [-0.05, 0) is 19.9 Å². The van der Waals surface area contributed by atoms with E-state index >= 15 is 0 Å². The van der Waals surface area contributed by atoms with Crippen molar-refractivity contribution in [1.29, 1.82) is 0 Å². The highest BCUT2D eigenvalue weighted by molar-refractivity contribution is 5.36. The summed E-state index contributed by atoms with van der Waals surface area (Å²) in [5.74, 6) is 0.124. The topological polar surface area (TPSA) is 40.5 Å². The fourth-order valence-corrected chi connectivity index (χ4v) is 1.61. The maximum absolute atomic E-state index is 10.1. The van der Waals surface area contributed by atoms with E-state index in [1.807, 2.05) is 6.92 Å². The number of aliphatic hydroxyl groups is 1. The van der Waals surface area contributed by atoms with Gasteiger partial charge in [0.2, 0.25) is 0 Å². The van der Waals surface area contributed by atoms with Gasteiger partial charge in [0.1, 0.15) is 5.75 Å². The van der Waals surface area contributed by atoms with E-state index in [-0.39, 0.29) is 5.75 Å². The monoisotopic (exact) mass is 192 g/mol. The van der Waals surface area contributed by atoms with Gasteiger partial charge in [-0.15, -0.1) is 6.58 Å². The van der Waals surface area contributed by atoms with Crippen molar-refractivity contribution < 1.29 is 10.2 Å². The van der Waals surface area contributed by atoms with Gasteiger partial charge in [-0.2, -0.15) is 0 Å². The molecule has 2 N–H and O–H groups in total. The first-order chi connectivity index (χ1) is 6.43. The quantitative estimate of drug-likeness (QED) is 0.722. The van der Waals surface area contributed by atoms with E-state index in [4.69, 9.17) is 0 Å². The first-order valence-corrected chi connectivity index (χ1v) is 4.59. The van der Waals surface area contributed by atoms with Crippen molar-refractivity contribution >= 4 is 0 Å². The second kappa shape index (κ2) is 3.84. The minimum absolute atomic E-state index is 0.124. The molecule has 0 fully saturated rings. The average Bonchev–Trinajstić information content (AvgIpc) is 2.02. The second-order valence-corrected chi connectivity index (χ2v) is 3.92. The van der Waals surface area contributed by atoms with Crippen LogP contribution in [0.5, 0.6) is 5.75 Å². The van der Waals surface area contributed by atoms with Gasteiger partial charge in [-0.25, -0.2) is 0 Å². The Bertz CT molecular complexity index is 340. The Kier molecular flexibility index (Phi) is 2.96. The fourth-order valence-electron chi connectivity index (χ4n) is 1.61. The third-order valence-electron chi connectivity index (χ3n) is 2.13. The highest BCUT2D eigenvalue weighted by Crippen LogP contribution is 2.33. The van der Waals surface area contributed by atoms with E-state index < -0.39 is 5.60 Å². The van der Waals surface area contributed by atoms with Gasteiger partial charge in [-0.1, -0.05) is 23.8 Å². The smallest absolute Gasteiger partial charge is 0.121 e. The number of phenols is 1. The van der Waals surface area contributed by atoms with Crippen molar-refractivity contribution in [2.45, 2.75) is 25.9 Å². The highest BCUT2D eigenvalue weighted by Gasteiger charge is 2.25. The number of para-hydroxylation sites is 1. The molecule has 1 aromatic carbocycles. The molecule has 0 bridgehead atoms. The summed E-state index contributed by atoms with van der Waals surface area (Å²) >= 11 is 0. The summed E-state index contributed by atoms with van der Waals surface area (Å²) in [6, 6.07) is 6.82. The lowest BCUT2D eigenvalue weighted by Crippen LogP contribution is -2.21. The van der Waals surface area contributed by atoms with Crippen molar-refractivity contribution in [3.05, 3.63) is 42.0 Å². The zero-order chi connectivity index (χ0) is 10.8. The Morgan fingerprint density at radius 1 is 1.43 bits per heavy atom. The highest BCUT2D eigenvalue weighted by atomic mass is 16.3. The standard InChI is InChI=1S/C12H16O2/c1-9(2)8-12(3,14)10-6-4-5-7-11(10)13/h4-7,13-14H,1,8H2,2-3H3/t12-/m1/s1. The number of benzene rings is 1. The molecular weight excluding hydrogens is 176 g/mol. The molecule has 0 radical (unpaired) electrons. The second-order valence-electron chi connectivity index (χ2n) is 3.92. The number of rotatable bonds is 3. The zero-order valence-electron chi connectivity index (χ0n) is 8.62. The summed E-state index contributed by atoms with van der Waals surface area (Å²) in [5.41, 5.74) is 0.387. The largest absolute Gasteiger partial charge is 0.508 e. The van der Waals surface area contributed by atoms with Crippen molar-refractivity contribution in [2.24, 2.45) is 0 Å². The zero-order valence-corrected chi connectivity index (χ0v) is 8.62. The molecule has 1 atom stereocenters. The van der Waals surface area contributed by atoms with Gasteiger partial charge in [0, 0.05) is 12.0 Å². The Balaban J connectivity index is 3.03. The molecule has 0 aromatic heterocycles. The third kappa shape index (κ3) is 2.36. The SMILES string of the molecule is C=C(C)C[C@@](C)(O)c1ccccc1O. The van der Waals surface area contributed by atoms with Gasteiger partial charge in [0.15, 0.2) is 0 Å². The van der Waals surface area contributed by atoms with Crippen molar-refractivity contribution in [3.8, 4) is 5.75 Å². The first-order valence-electron chi connectivity index (χ1n) is 4.59. The molecule has 0 heterocycles. The minimum atomic E-state index is -1.04. The summed E-state index contributed by atoms with van der Waals surface area (Å²) in [7, 11) is 0. The number of phenolic OH excluding ortho intramolecular Hbond substituents is 1. The van der Waals surface area contributed by atoms with Crippen LogP contribution in [0.3, 0.4) is 0 Å². The molecule has 0 spiro atoms. The third-order valence-corrected chi connectivity index (χ3v) is 2.13. The summed E-state index contributed by atoms with van der Waals surface area (Å²) in [5, 5.41) is 19.7. The summed E-state index contributed by atoms with van der Waals surface area (Å²) in [6.45, 7) is 7.29. The lowest BCUT2D eigenvalue weighted by molar-refractivity contribution is 0.0553. The van der Waals surface area contributed by atoms with Crippen LogP contribution in [0.25, 0.3) is 0 Å². The average molecular weight is 192 g/mol. The van der Waals surface area contributed by atoms with E-state index in [0.717, 1.165) is 5.57 Å². The van der Waals surface area contributed by atoms with Crippen molar-refractivity contribution in [1.82, 2.24) is 0 Å². The van der Waals surface area contributed by atoms with E-state index in [0.29, 0.717) is 12.0 Å². The minimum Gasteiger partial charge on any atom is -0.508 e. The maximum atomic E-state index is 10.1. The molecule has 0 saturated carbocycles. The number of hydrogen-bond acceptors (Lipinski definition) is 2. The van der Waals surface area contributed by atoms with Crippen LogP contribution in [0.15, 0.2) is 36.4 Å². The Labute approximate surface area is 84.5 Å². The Morgan fingerprint density at radius 3 is 2.50 bits per heavy atom. The van der Waals surface area contributed by atoms with E-state index in [9.17, 15) is 10.2 Å². The molecular formula is C12H16O2. The maximum Gasteiger partial charge on any atom is 0.121 e. The molecule has 2 heteroatoms. The van der Waals surface area contributed by atoms with E-state index in [1.54, 1.807) is 31.2 Å². The van der Waals surface area contributed by atoms with E-state index in [1.165, 1.54) is 0 Å². The van der Waals surface area contributed by atoms with E-state index in [2.05, 4.69) is 6.58 Å². The Morgan fingerprint density at radius 2 is 2.00 bits per heavy atom. The fraction of sp³-hybridized carbons (Fsp3) is 0.333. The summed E-state index contributed by atoms with van der Waals surface area (Å²) < 4.78 is 0. The molecule has 0 aliphatic rings. The van der Waals surface area contributed by atoms with Crippen LogP contribution in [0.1, 0.15) is 25.8 Å². The first kappa shape index (κ1) is 10.8. The molecule has 0 unspecified atom stereocenters. The van der Waals surface area contributed by atoms with Crippen LogP contribution in [-0.2, 0) is 5.60 Å². The number of hydrogen-bond donors (Lipinski definition) is 2. The molecule has 1 rings (SSSR count). The molecule has 0 aliphatic heterocycles. The lowest BCUT2D eigenvalue weighted by Gasteiger charge is -2.24. The van der Waals surface area contributed by atoms with Gasteiger partial charge >= 0.3 is 0 Å². The van der Waals surface area contributed by atoms with Crippen molar-refractivity contribution in [3.63, 3.8) is 0 Å². The molecule has 0 aliphatic carbocycles. The van der Waals surface area contributed by atoms with Crippen LogP contribution in [0.2, 0.25) is 0 Å². The van der Waals surface area contributed by atoms with Gasteiger partial charge < -0.3 is 10.2 Å². The predicted molar refractivity (Wildman–Crippen MR) is 57.1 cm³/mol. The Hall–Kier alpha value is -1.28. The van der Waals surface area contributed by atoms with Crippen LogP contribution < -0.4 is 0 Å². The molecule has 76 valence electrons. The molecule has 1 aromatic rings. The number of aromatic hydroxyl groups is 1. The normalized spacial score (nSPS) is 14.8. The molecule has 2 nitrogen and oxygen atoms in total. The van der Waals surface area contributed by atoms with Crippen LogP contribution in [0.4, 0.5) is 0 Å². The molecule has 0 amide bonds. The summed E-state index contributed by atoms with van der Waals surface area (Å²) in [6.07, 6.45) is 0.449. The molecule has 0 saturated heterocycles. The predicted octanol–water partition coefficient (Wildman–Crippen LogP) is 2.57. The van der Waals surface area contributed by atoms with Crippen LogP contribution in [0, 0.1) is 0 Å². The molecule has 14 heavy (non-hydrogen) atoms. The van der Waals surface area contributed by atoms with Gasteiger partial charge in [-0.3, -0.25) is 0 Å².